The minimum atomic E-state index is -0.261. The Bertz CT molecular complexity index is 736. The number of amides is 1. The van der Waals surface area contributed by atoms with Gasteiger partial charge < -0.3 is 15.3 Å². The summed E-state index contributed by atoms with van der Waals surface area (Å²) >= 11 is 0. The number of hydrogen-bond donors (Lipinski definition) is 2. The van der Waals surface area contributed by atoms with Gasteiger partial charge in [0.15, 0.2) is 0 Å². The quantitative estimate of drug-likeness (QED) is 0.869. The van der Waals surface area contributed by atoms with E-state index in [1.54, 1.807) is 6.20 Å². The van der Waals surface area contributed by atoms with E-state index in [0.717, 1.165) is 18.8 Å². The van der Waals surface area contributed by atoms with Crippen LogP contribution in [0.25, 0.3) is 0 Å². The van der Waals surface area contributed by atoms with Crippen molar-refractivity contribution in [1.82, 2.24) is 10.3 Å². The number of carbonyl (C=O) groups is 1. The van der Waals surface area contributed by atoms with Crippen LogP contribution in [-0.4, -0.2) is 35.2 Å². The highest BCUT2D eigenvalue weighted by Crippen LogP contribution is 2.37. The van der Waals surface area contributed by atoms with Gasteiger partial charge in [-0.15, -0.1) is 0 Å². The molecular weight excluding hydrogens is 326 g/mol. The maximum Gasteiger partial charge on any atom is 0.251 e. The number of nitrogens with one attached hydrogen (secondary N) is 1. The standard InChI is InChI=1S/C21H25N3O2/c25-18-13-16(14-18)20(19-5-1-2-10-22-19)23-21(26)15-6-8-17(9-7-15)24-11-3-4-12-24/h1-2,5-10,16,18,20,25H,3-4,11-14H2,(H,23,26). The first-order valence-electron chi connectivity index (χ1n) is 9.45. The summed E-state index contributed by atoms with van der Waals surface area (Å²) in [4.78, 5) is 19.5. The van der Waals surface area contributed by atoms with E-state index >= 15 is 0 Å². The van der Waals surface area contributed by atoms with Crippen molar-refractivity contribution in [1.29, 1.82) is 0 Å². The van der Waals surface area contributed by atoms with Gasteiger partial charge in [0.1, 0.15) is 0 Å². The lowest BCUT2D eigenvalue weighted by Gasteiger charge is -2.37. The van der Waals surface area contributed by atoms with E-state index in [2.05, 4.69) is 15.2 Å². The van der Waals surface area contributed by atoms with Crippen LogP contribution in [0, 0.1) is 5.92 Å². The highest BCUT2D eigenvalue weighted by Gasteiger charge is 2.36. The van der Waals surface area contributed by atoms with Gasteiger partial charge in [-0.25, -0.2) is 0 Å². The molecule has 2 aromatic rings. The first kappa shape index (κ1) is 17.0. The zero-order valence-electron chi connectivity index (χ0n) is 14.8. The number of hydrogen-bond acceptors (Lipinski definition) is 4. The largest absolute Gasteiger partial charge is 0.393 e. The van der Waals surface area contributed by atoms with Gasteiger partial charge in [-0.1, -0.05) is 6.07 Å². The summed E-state index contributed by atoms with van der Waals surface area (Å²) in [5, 5.41) is 12.8. The highest BCUT2D eigenvalue weighted by atomic mass is 16.3. The maximum absolute atomic E-state index is 12.8. The molecule has 2 fully saturated rings. The Morgan fingerprint density at radius 2 is 1.85 bits per heavy atom. The zero-order valence-corrected chi connectivity index (χ0v) is 14.8. The topological polar surface area (TPSA) is 65.5 Å². The van der Waals surface area contributed by atoms with Crippen LogP contribution in [0.5, 0.6) is 0 Å². The van der Waals surface area contributed by atoms with Crippen LogP contribution in [0.1, 0.15) is 47.8 Å². The second kappa shape index (κ2) is 7.46. The molecule has 0 radical (unpaired) electrons. The van der Waals surface area contributed by atoms with Crippen molar-refractivity contribution in [3.63, 3.8) is 0 Å². The third-order valence-electron chi connectivity index (χ3n) is 5.51. The molecule has 2 N–H and O–H groups in total. The van der Waals surface area contributed by atoms with Gasteiger partial charge in [0.25, 0.3) is 5.91 Å². The van der Waals surface area contributed by atoms with Crippen LogP contribution in [0.4, 0.5) is 5.69 Å². The van der Waals surface area contributed by atoms with Crippen LogP contribution in [0.3, 0.4) is 0 Å². The molecule has 1 unspecified atom stereocenters. The molecule has 5 heteroatoms. The molecule has 1 saturated heterocycles. The number of aliphatic hydroxyl groups excluding tert-OH is 1. The van der Waals surface area contributed by atoms with Crippen molar-refractivity contribution in [3.05, 3.63) is 59.9 Å². The molecule has 1 atom stereocenters. The fraction of sp³-hybridized carbons (Fsp3) is 0.429. The van der Waals surface area contributed by atoms with E-state index in [1.807, 2.05) is 42.5 Å². The van der Waals surface area contributed by atoms with Crippen LogP contribution in [0.15, 0.2) is 48.7 Å². The van der Waals surface area contributed by atoms with Crippen molar-refractivity contribution in [2.45, 2.75) is 37.8 Å². The Morgan fingerprint density at radius 1 is 1.12 bits per heavy atom. The Kier molecular flexibility index (Phi) is 4.89. The van der Waals surface area contributed by atoms with E-state index in [9.17, 15) is 9.90 Å². The van der Waals surface area contributed by atoms with Crippen molar-refractivity contribution < 1.29 is 9.90 Å². The molecule has 2 aliphatic rings. The summed E-state index contributed by atoms with van der Waals surface area (Å²) in [5.41, 5.74) is 2.70. The second-order valence-electron chi connectivity index (χ2n) is 7.33. The third-order valence-corrected chi connectivity index (χ3v) is 5.51. The van der Waals surface area contributed by atoms with Crippen molar-refractivity contribution in [3.8, 4) is 0 Å². The Balaban J connectivity index is 1.47. The molecule has 1 saturated carbocycles. The molecule has 136 valence electrons. The molecule has 0 spiro atoms. The molecule has 1 aliphatic heterocycles. The van der Waals surface area contributed by atoms with Crippen LogP contribution in [0.2, 0.25) is 0 Å². The van der Waals surface area contributed by atoms with Crippen LogP contribution >= 0.6 is 0 Å². The van der Waals surface area contributed by atoms with Crippen LogP contribution < -0.4 is 10.2 Å². The van der Waals surface area contributed by atoms with Crippen molar-refractivity contribution in [2.24, 2.45) is 5.92 Å². The smallest absolute Gasteiger partial charge is 0.251 e. The summed E-state index contributed by atoms with van der Waals surface area (Å²) in [7, 11) is 0. The summed E-state index contributed by atoms with van der Waals surface area (Å²) in [6.07, 6.45) is 5.37. The number of aliphatic hydroxyl groups is 1. The molecule has 1 aliphatic carbocycles. The predicted molar refractivity (Wildman–Crippen MR) is 101 cm³/mol. The van der Waals surface area contributed by atoms with Gasteiger partial charge in [-0.2, -0.15) is 0 Å². The highest BCUT2D eigenvalue weighted by molar-refractivity contribution is 5.94. The molecule has 26 heavy (non-hydrogen) atoms. The van der Waals surface area contributed by atoms with E-state index in [4.69, 9.17) is 0 Å². The summed E-state index contributed by atoms with van der Waals surface area (Å²) in [6, 6.07) is 13.4. The molecule has 1 aromatic heterocycles. The number of carbonyl (C=O) groups excluding carboxylic acids is 1. The lowest BCUT2D eigenvalue weighted by molar-refractivity contribution is 0.0228. The molecule has 1 aromatic carbocycles. The van der Waals surface area contributed by atoms with E-state index in [-0.39, 0.29) is 24.0 Å². The lowest BCUT2D eigenvalue weighted by Crippen LogP contribution is -2.41. The molecule has 5 nitrogen and oxygen atoms in total. The SMILES string of the molecule is O=C(NC(c1ccccn1)C1CC(O)C1)c1ccc(N2CCCC2)cc1. The summed E-state index contributed by atoms with van der Waals surface area (Å²) < 4.78 is 0. The zero-order chi connectivity index (χ0) is 17.9. The molecule has 2 heterocycles. The Labute approximate surface area is 154 Å². The second-order valence-corrected chi connectivity index (χ2v) is 7.33. The molecule has 0 bridgehead atoms. The summed E-state index contributed by atoms with van der Waals surface area (Å²) in [5.74, 6) is 0.141. The average Bonchev–Trinajstić information content (AvgIpc) is 3.19. The van der Waals surface area contributed by atoms with Gasteiger partial charge in [0, 0.05) is 30.5 Å². The third kappa shape index (κ3) is 3.58. The monoisotopic (exact) mass is 351 g/mol. The fourth-order valence-corrected chi connectivity index (χ4v) is 3.92. The maximum atomic E-state index is 12.8. The summed E-state index contributed by atoms with van der Waals surface area (Å²) in [6.45, 7) is 2.19. The normalized spacial score (nSPS) is 23.3. The van der Waals surface area contributed by atoms with Gasteiger partial charge >= 0.3 is 0 Å². The number of rotatable bonds is 5. The first-order chi connectivity index (χ1) is 12.7. The van der Waals surface area contributed by atoms with Gasteiger partial charge in [-0.05, 0) is 68.0 Å². The Hall–Kier alpha value is -2.40. The fourth-order valence-electron chi connectivity index (χ4n) is 3.92. The average molecular weight is 351 g/mol. The number of aromatic nitrogens is 1. The lowest BCUT2D eigenvalue weighted by atomic mass is 9.76. The minimum Gasteiger partial charge on any atom is -0.393 e. The van der Waals surface area contributed by atoms with E-state index < -0.39 is 0 Å². The first-order valence-corrected chi connectivity index (χ1v) is 9.45. The van der Waals surface area contributed by atoms with Crippen molar-refractivity contribution in [2.75, 3.05) is 18.0 Å². The molecular formula is C21H25N3O2. The van der Waals surface area contributed by atoms with Crippen LogP contribution in [-0.2, 0) is 0 Å². The number of pyridine rings is 1. The van der Waals surface area contributed by atoms with E-state index in [0.29, 0.717) is 18.4 Å². The van der Waals surface area contributed by atoms with Crippen molar-refractivity contribution >= 4 is 11.6 Å². The Morgan fingerprint density at radius 3 is 2.46 bits per heavy atom. The van der Waals surface area contributed by atoms with E-state index in [1.165, 1.54) is 18.5 Å². The predicted octanol–water partition coefficient (Wildman–Crippen LogP) is 2.92. The van der Waals surface area contributed by atoms with Gasteiger partial charge in [0.05, 0.1) is 17.8 Å². The molecule has 4 rings (SSSR count). The van der Waals surface area contributed by atoms with Gasteiger partial charge in [-0.3, -0.25) is 9.78 Å². The molecule has 1 amide bonds. The number of benzene rings is 1. The number of nitrogens with zero attached hydrogens (tertiary/aromatic N) is 2. The minimum absolute atomic E-state index is 0.0879. The van der Waals surface area contributed by atoms with Gasteiger partial charge in [0.2, 0.25) is 0 Å². The number of anilines is 1.